The molecule has 2 aromatic carbocycles. The number of aryl methyl sites for hydroxylation is 1. The van der Waals surface area contributed by atoms with Crippen LogP contribution in [0.5, 0.6) is 0 Å². The van der Waals surface area contributed by atoms with Crippen LogP contribution in [0, 0.1) is 5.92 Å². The van der Waals surface area contributed by atoms with Crippen LogP contribution < -0.4 is 16.4 Å². The summed E-state index contributed by atoms with van der Waals surface area (Å²) in [6, 6.07) is 15.3. The molecule has 0 saturated carbocycles. The standard InChI is InChI=1S/C23H31N3O2/c1-5-6-17-7-9-18(10-8-17)21(15(2)3)25-16(4)23(28)26-20-13-11-19(12-14-20)22(24)27/h7-16,21,25H,5-6H2,1-4H3,(H2,24,27)(H,26,28)/p+1/t16-,21+/m1/s1. The molecule has 5 N–H and O–H groups in total. The van der Waals surface area contributed by atoms with Crippen LogP contribution in [0.4, 0.5) is 5.69 Å². The monoisotopic (exact) mass is 382 g/mol. The number of nitrogens with one attached hydrogen (secondary N) is 1. The smallest absolute Gasteiger partial charge is 0.282 e. The van der Waals surface area contributed by atoms with Gasteiger partial charge in [0.2, 0.25) is 5.91 Å². The molecule has 0 radical (unpaired) electrons. The highest BCUT2D eigenvalue weighted by Crippen LogP contribution is 2.19. The zero-order valence-corrected chi connectivity index (χ0v) is 17.2. The van der Waals surface area contributed by atoms with Gasteiger partial charge in [0.05, 0.1) is 0 Å². The number of carbonyl (C=O) groups is 2. The predicted molar refractivity (Wildman–Crippen MR) is 113 cm³/mol. The molecular formula is C23H32N3O2+. The van der Waals surface area contributed by atoms with Gasteiger partial charge in [0, 0.05) is 22.7 Å². The minimum absolute atomic E-state index is 0.0694. The van der Waals surface area contributed by atoms with Crippen molar-refractivity contribution in [2.24, 2.45) is 11.7 Å². The van der Waals surface area contributed by atoms with E-state index in [2.05, 4.69) is 55.7 Å². The van der Waals surface area contributed by atoms with E-state index in [0.717, 1.165) is 12.8 Å². The van der Waals surface area contributed by atoms with E-state index in [0.29, 0.717) is 17.2 Å². The second-order valence-corrected chi connectivity index (χ2v) is 7.67. The van der Waals surface area contributed by atoms with Gasteiger partial charge in [-0.05, 0) is 43.2 Å². The number of amides is 2. The minimum atomic E-state index is -0.482. The molecule has 0 aliphatic heterocycles. The van der Waals surface area contributed by atoms with Crippen molar-refractivity contribution in [1.29, 1.82) is 0 Å². The molecule has 0 aliphatic rings. The third-order valence-electron chi connectivity index (χ3n) is 4.97. The maximum absolute atomic E-state index is 12.6. The van der Waals surface area contributed by atoms with Crippen LogP contribution in [0.2, 0.25) is 0 Å². The largest absolute Gasteiger partial charge is 0.366 e. The third kappa shape index (κ3) is 5.92. The lowest BCUT2D eigenvalue weighted by Gasteiger charge is -2.23. The molecule has 0 spiro atoms. The van der Waals surface area contributed by atoms with Crippen molar-refractivity contribution in [3.63, 3.8) is 0 Å². The fourth-order valence-electron chi connectivity index (χ4n) is 3.29. The first-order valence-corrected chi connectivity index (χ1v) is 9.96. The van der Waals surface area contributed by atoms with Gasteiger partial charge in [-0.25, -0.2) is 0 Å². The number of anilines is 1. The average molecular weight is 383 g/mol. The summed E-state index contributed by atoms with van der Waals surface area (Å²) < 4.78 is 0. The number of nitrogens with two attached hydrogens (primary N) is 2. The Morgan fingerprint density at radius 1 is 1.00 bits per heavy atom. The van der Waals surface area contributed by atoms with Gasteiger partial charge < -0.3 is 16.4 Å². The Kier molecular flexibility index (Phi) is 7.76. The van der Waals surface area contributed by atoms with E-state index in [9.17, 15) is 9.59 Å². The first-order valence-electron chi connectivity index (χ1n) is 9.96. The zero-order valence-electron chi connectivity index (χ0n) is 17.2. The van der Waals surface area contributed by atoms with E-state index >= 15 is 0 Å². The number of hydrogen-bond acceptors (Lipinski definition) is 2. The Morgan fingerprint density at radius 3 is 2.11 bits per heavy atom. The molecule has 28 heavy (non-hydrogen) atoms. The van der Waals surface area contributed by atoms with Crippen molar-refractivity contribution in [3.05, 3.63) is 65.2 Å². The fraction of sp³-hybridized carbons (Fsp3) is 0.391. The summed E-state index contributed by atoms with van der Waals surface area (Å²) in [5, 5.41) is 5.02. The number of carbonyl (C=O) groups excluding carboxylic acids is 2. The Labute approximate surface area is 167 Å². The molecule has 0 aromatic heterocycles. The van der Waals surface area contributed by atoms with Gasteiger partial charge >= 0.3 is 0 Å². The second kappa shape index (κ2) is 10.0. The summed E-state index contributed by atoms with van der Waals surface area (Å²) in [5.41, 5.74) is 8.90. The highest BCUT2D eigenvalue weighted by molar-refractivity contribution is 5.95. The Balaban J connectivity index is 2.03. The quantitative estimate of drug-likeness (QED) is 0.622. The third-order valence-corrected chi connectivity index (χ3v) is 4.97. The number of quaternary nitrogens is 1. The highest BCUT2D eigenvalue weighted by atomic mass is 16.2. The molecule has 2 amide bonds. The zero-order chi connectivity index (χ0) is 20.7. The first kappa shape index (κ1) is 21.6. The van der Waals surface area contributed by atoms with Crippen molar-refractivity contribution in [2.45, 2.75) is 52.6 Å². The Hall–Kier alpha value is -2.66. The maximum atomic E-state index is 12.6. The normalized spacial score (nSPS) is 13.2. The average Bonchev–Trinajstić information content (AvgIpc) is 2.67. The van der Waals surface area contributed by atoms with Crippen LogP contribution in [0.15, 0.2) is 48.5 Å². The summed E-state index contributed by atoms with van der Waals surface area (Å²) in [6.45, 7) is 8.44. The van der Waals surface area contributed by atoms with Crippen LogP contribution in [0.1, 0.15) is 61.6 Å². The van der Waals surface area contributed by atoms with Crippen molar-refractivity contribution in [3.8, 4) is 0 Å². The van der Waals surface area contributed by atoms with Crippen LogP contribution in [0.3, 0.4) is 0 Å². The van der Waals surface area contributed by atoms with Crippen LogP contribution in [-0.4, -0.2) is 17.9 Å². The van der Waals surface area contributed by atoms with Gasteiger partial charge in [-0.3, -0.25) is 9.59 Å². The lowest BCUT2D eigenvalue weighted by Crippen LogP contribution is -2.93. The van der Waals surface area contributed by atoms with Crippen LogP contribution in [0.25, 0.3) is 0 Å². The molecule has 5 nitrogen and oxygen atoms in total. The van der Waals surface area contributed by atoms with E-state index in [4.69, 9.17) is 5.73 Å². The molecular weight excluding hydrogens is 350 g/mol. The van der Waals surface area contributed by atoms with E-state index in [1.165, 1.54) is 11.1 Å². The SMILES string of the molecule is CCCc1ccc([C@@H]([NH2+][C@H](C)C(=O)Nc2ccc(C(N)=O)cc2)C(C)C)cc1. The lowest BCUT2D eigenvalue weighted by atomic mass is 9.94. The number of primary amides is 1. The van der Waals surface area contributed by atoms with Crippen molar-refractivity contribution in [2.75, 3.05) is 5.32 Å². The molecule has 0 heterocycles. The Bertz CT molecular complexity index is 782. The maximum Gasteiger partial charge on any atom is 0.282 e. The van der Waals surface area contributed by atoms with Gasteiger partial charge in [0.1, 0.15) is 6.04 Å². The second-order valence-electron chi connectivity index (χ2n) is 7.67. The molecule has 0 fully saturated rings. The van der Waals surface area contributed by atoms with Gasteiger partial charge in [-0.2, -0.15) is 0 Å². The number of rotatable bonds is 9. The summed E-state index contributed by atoms with van der Waals surface area (Å²) >= 11 is 0. The number of benzene rings is 2. The predicted octanol–water partition coefficient (Wildman–Crippen LogP) is 3.03. The van der Waals surface area contributed by atoms with Gasteiger partial charge in [0.25, 0.3) is 5.91 Å². The van der Waals surface area contributed by atoms with Crippen molar-refractivity contribution >= 4 is 17.5 Å². The van der Waals surface area contributed by atoms with Crippen molar-refractivity contribution in [1.82, 2.24) is 0 Å². The molecule has 0 unspecified atom stereocenters. The molecule has 0 saturated heterocycles. The van der Waals surface area contributed by atoms with Crippen LogP contribution >= 0.6 is 0 Å². The van der Waals surface area contributed by atoms with Gasteiger partial charge in [-0.15, -0.1) is 0 Å². The van der Waals surface area contributed by atoms with Crippen LogP contribution in [-0.2, 0) is 11.2 Å². The summed E-state index contributed by atoms with van der Waals surface area (Å²) in [5.74, 6) is -0.161. The topological polar surface area (TPSA) is 88.8 Å². The molecule has 150 valence electrons. The summed E-state index contributed by atoms with van der Waals surface area (Å²) in [7, 11) is 0. The molecule has 0 aliphatic carbocycles. The van der Waals surface area contributed by atoms with E-state index < -0.39 is 5.91 Å². The minimum Gasteiger partial charge on any atom is -0.366 e. The molecule has 2 aromatic rings. The molecule has 2 rings (SSSR count). The van der Waals surface area contributed by atoms with Gasteiger partial charge in [0.15, 0.2) is 6.04 Å². The van der Waals surface area contributed by atoms with Gasteiger partial charge in [-0.1, -0.05) is 51.5 Å². The number of hydrogen-bond donors (Lipinski definition) is 3. The van der Waals surface area contributed by atoms with Crippen molar-refractivity contribution < 1.29 is 14.9 Å². The van der Waals surface area contributed by atoms with E-state index in [1.54, 1.807) is 24.3 Å². The summed E-state index contributed by atoms with van der Waals surface area (Å²) in [4.78, 5) is 23.8. The molecule has 2 atom stereocenters. The molecule has 0 bridgehead atoms. The summed E-state index contributed by atoms with van der Waals surface area (Å²) in [6.07, 6.45) is 2.22. The lowest BCUT2D eigenvalue weighted by molar-refractivity contribution is -0.718. The first-order chi connectivity index (χ1) is 13.3. The highest BCUT2D eigenvalue weighted by Gasteiger charge is 2.26. The van der Waals surface area contributed by atoms with E-state index in [1.807, 2.05) is 6.92 Å². The fourth-order valence-corrected chi connectivity index (χ4v) is 3.29. The molecule has 5 heteroatoms. The van der Waals surface area contributed by atoms with E-state index in [-0.39, 0.29) is 18.0 Å². The Morgan fingerprint density at radius 2 is 1.61 bits per heavy atom.